The van der Waals surface area contributed by atoms with Crippen LogP contribution >= 0.6 is 11.3 Å². The molecule has 0 spiro atoms. The first-order chi connectivity index (χ1) is 19.0. The number of carbonyl (C=O) groups excluding carboxylic acids is 1. The molecule has 39 heavy (non-hydrogen) atoms. The molecule has 0 aliphatic heterocycles. The van der Waals surface area contributed by atoms with E-state index < -0.39 is 11.9 Å². The fraction of sp³-hybridized carbons (Fsp3) is 0.0714. The summed E-state index contributed by atoms with van der Waals surface area (Å²) in [6.07, 6.45) is 4.90. The van der Waals surface area contributed by atoms with Crippen LogP contribution in [0.15, 0.2) is 83.5 Å². The Balaban J connectivity index is 1.48. The number of aromatic nitrogens is 6. The van der Waals surface area contributed by atoms with Gasteiger partial charge in [0.1, 0.15) is 11.4 Å². The highest BCUT2D eigenvalue weighted by Gasteiger charge is 2.24. The number of benzene rings is 2. The SMILES string of the molecule is C[C@H](NC(=O)c1c(N)nn2cccnc12)c1nc2cccc(C#Cc3cncs3)c2c(=O)n1-c1ccccc1. The van der Waals surface area contributed by atoms with E-state index in [2.05, 4.69) is 32.2 Å². The van der Waals surface area contributed by atoms with Crippen LogP contribution in [0.1, 0.15) is 39.6 Å². The van der Waals surface area contributed by atoms with Crippen LogP contribution in [-0.4, -0.2) is 35.0 Å². The second-order valence-corrected chi connectivity index (χ2v) is 9.49. The smallest absolute Gasteiger partial charge is 0.267 e. The summed E-state index contributed by atoms with van der Waals surface area (Å²) in [5.74, 6) is 6.09. The standard InChI is InChI=1S/C28H20N8O2S/c1-17(32-27(37)23-24(29)34-35-14-6-13-31-26(23)35)25-33-21-10-5-7-18(11-12-20-15-30-16-39-20)22(21)28(38)36(25)19-8-3-2-4-9-19/h2-10,13-17H,1H3,(H2,29,34)(H,32,37)/t17-/m0/s1. The van der Waals surface area contributed by atoms with Crippen molar-refractivity contribution >= 4 is 39.6 Å². The third kappa shape index (κ3) is 4.39. The molecule has 0 aliphatic rings. The van der Waals surface area contributed by atoms with Gasteiger partial charge in [0.2, 0.25) is 0 Å². The minimum absolute atomic E-state index is 0.0504. The largest absolute Gasteiger partial charge is 0.381 e. The number of rotatable bonds is 4. The quantitative estimate of drug-likeness (QED) is 0.333. The first-order valence-corrected chi connectivity index (χ1v) is 12.8. The maximum atomic E-state index is 14.1. The maximum Gasteiger partial charge on any atom is 0.267 e. The van der Waals surface area contributed by atoms with E-state index in [4.69, 9.17) is 10.7 Å². The summed E-state index contributed by atoms with van der Waals surface area (Å²) < 4.78 is 2.95. The van der Waals surface area contributed by atoms with Crippen LogP contribution in [0.25, 0.3) is 22.2 Å². The van der Waals surface area contributed by atoms with Gasteiger partial charge in [-0.1, -0.05) is 30.2 Å². The van der Waals surface area contributed by atoms with Crippen molar-refractivity contribution in [3.8, 4) is 17.5 Å². The number of hydrogen-bond donors (Lipinski definition) is 2. The molecule has 4 heterocycles. The molecule has 0 bridgehead atoms. The number of thiazole rings is 1. The Bertz CT molecular complexity index is 1970. The number of hydrogen-bond acceptors (Lipinski definition) is 8. The van der Waals surface area contributed by atoms with Gasteiger partial charge < -0.3 is 11.1 Å². The van der Waals surface area contributed by atoms with Gasteiger partial charge in [0.05, 0.1) is 39.2 Å². The van der Waals surface area contributed by atoms with Gasteiger partial charge >= 0.3 is 0 Å². The van der Waals surface area contributed by atoms with Gasteiger partial charge in [0, 0.05) is 18.0 Å². The average molecular weight is 533 g/mol. The van der Waals surface area contributed by atoms with Gasteiger partial charge in [-0.3, -0.25) is 19.1 Å². The van der Waals surface area contributed by atoms with Crippen LogP contribution in [0.4, 0.5) is 5.82 Å². The lowest BCUT2D eigenvalue weighted by atomic mass is 10.1. The van der Waals surface area contributed by atoms with E-state index in [1.54, 1.807) is 55.3 Å². The lowest BCUT2D eigenvalue weighted by molar-refractivity contribution is 0.0940. The lowest BCUT2D eigenvalue weighted by Crippen LogP contribution is -2.33. The molecule has 0 saturated heterocycles. The summed E-state index contributed by atoms with van der Waals surface area (Å²) in [5.41, 5.74) is 9.56. The van der Waals surface area contributed by atoms with E-state index in [-0.39, 0.29) is 16.9 Å². The van der Waals surface area contributed by atoms with Crippen molar-refractivity contribution in [2.75, 3.05) is 5.73 Å². The molecule has 6 aromatic rings. The Labute approximate surface area is 225 Å². The van der Waals surface area contributed by atoms with Crippen molar-refractivity contribution in [2.45, 2.75) is 13.0 Å². The molecule has 2 aromatic carbocycles. The predicted molar refractivity (Wildman–Crippen MR) is 149 cm³/mol. The first kappa shape index (κ1) is 24.0. The van der Waals surface area contributed by atoms with Crippen LogP contribution < -0.4 is 16.6 Å². The first-order valence-electron chi connectivity index (χ1n) is 11.9. The number of amides is 1. The molecule has 6 rings (SSSR count). The van der Waals surface area contributed by atoms with E-state index >= 15 is 0 Å². The van der Waals surface area contributed by atoms with E-state index in [1.807, 2.05) is 30.3 Å². The monoisotopic (exact) mass is 532 g/mol. The van der Waals surface area contributed by atoms with Crippen LogP contribution in [-0.2, 0) is 0 Å². The normalized spacial score (nSPS) is 11.7. The average Bonchev–Trinajstić information content (AvgIpc) is 3.59. The number of nitrogens with two attached hydrogens (primary N) is 1. The van der Waals surface area contributed by atoms with Gasteiger partial charge in [-0.25, -0.2) is 14.5 Å². The molecule has 0 fully saturated rings. The van der Waals surface area contributed by atoms with Crippen molar-refractivity contribution in [3.05, 3.63) is 111 Å². The van der Waals surface area contributed by atoms with E-state index in [1.165, 1.54) is 20.4 Å². The lowest BCUT2D eigenvalue weighted by Gasteiger charge is -2.20. The molecule has 1 amide bonds. The summed E-state index contributed by atoms with van der Waals surface area (Å²) in [6, 6.07) is 15.5. The van der Waals surface area contributed by atoms with E-state index in [9.17, 15) is 9.59 Å². The van der Waals surface area contributed by atoms with Gasteiger partial charge in [-0.2, -0.15) is 0 Å². The molecule has 0 radical (unpaired) electrons. The summed E-state index contributed by atoms with van der Waals surface area (Å²) in [5, 5.41) is 7.47. The molecule has 1 atom stereocenters. The fourth-order valence-corrected chi connectivity index (χ4v) is 4.80. The number of fused-ring (bicyclic) bond motifs is 2. The Morgan fingerprint density at radius 1 is 1.10 bits per heavy atom. The highest BCUT2D eigenvalue weighted by atomic mass is 32.1. The highest BCUT2D eigenvalue weighted by Crippen LogP contribution is 2.22. The van der Waals surface area contributed by atoms with Crippen molar-refractivity contribution in [1.29, 1.82) is 0 Å². The van der Waals surface area contributed by atoms with Crippen molar-refractivity contribution in [1.82, 2.24) is 34.4 Å². The predicted octanol–water partition coefficient (Wildman–Crippen LogP) is 3.36. The van der Waals surface area contributed by atoms with E-state index in [0.717, 1.165) is 4.88 Å². The molecule has 10 nitrogen and oxygen atoms in total. The van der Waals surface area contributed by atoms with E-state index in [0.29, 0.717) is 33.6 Å². The number of nitrogen functional groups attached to an aromatic ring is 1. The zero-order valence-electron chi connectivity index (χ0n) is 20.6. The van der Waals surface area contributed by atoms with Crippen molar-refractivity contribution in [2.24, 2.45) is 0 Å². The third-order valence-corrected chi connectivity index (χ3v) is 6.76. The number of carbonyl (C=O) groups is 1. The number of anilines is 1. The van der Waals surface area contributed by atoms with Crippen molar-refractivity contribution < 1.29 is 4.79 Å². The summed E-state index contributed by atoms with van der Waals surface area (Å²) in [7, 11) is 0. The molecule has 190 valence electrons. The topological polar surface area (TPSA) is 133 Å². The number of nitrogens with one attached hydrogen (secondary N) is 1. The highest BCUT2D eigenvalue weighted by molar-refractivity contribution is 7.10. The van der Waals surface area contributed by atoms with Crippen LogP contribution in [0.3, 0.4) is 0 Å². The number of para-hydroxylation sites is 1. The molecule has 3 N–H and O–H groups in total. The zero-order chi connectivity index (χ0) is 26.9. The Morgan fingerprint density at radius 2 is 1.95 bits per heavy atom. The van der Waals surface area contributed by atoms with Gasteiger partial charge in [-0.15, -0.1) is 16.4 Å². The van der Waals surface area contributed by atoms with Crippen molar-refractivity contribution in [3.63, 3.8) is 0 Å². The summed E-state index contributed by atoms with van der Waals surface area (Å²) in [4.78, 5) is 41.3. The molecular formula is C28H20N8O2S. The van der Waals surface area contributed by atoms with Crippen LogP contribution in [0.2, 0.25) is 0 Å². The van der Waals surface area contributed by atoms with Gasteiger partial charge in [0.15, 0.2) is 11.5 Å². The number of nitrogens with zero attached hydrogens (tertiary/aromatic N) is 6. The van der Waals surface area contributed by atoms with Crippen LogP contribution in [0.5, 0.6) is 0 Å². The molecule has 0 saturated carbocycles. The second kappa shape index (κ2) is 9.85. The molecule has 0 unspecified atom stereocenters. The second-order valence-electron chi connectivity index (χ2n) is 8.60. The maximum absolute atomic E-state index is 14.1. The summed E-state index contributed by atoms with van der Waals surface area (Å²) >= 11 is 1.42. The molecule has 4 aromatic heterocycles. The Morgan fingerprint density at radius 3 is 2.74 bits per heavy atom. The zero-order valence-corrected chi connectivity index (χ0v) is 21.4. The molecule has 0 aliphatic carbocycles. The third-order valence-electron chi connectivity index (χ3n) is 6.07. The Hall–Kier alpha value is -5.34. The molecular weight excluding hydrogens is 512 g/mol. The minimum Gasteiger partial charge on any atom is -0.381 e. The minimum atomic E-state index is -0.681. The Kier molecular flexibility index (Phi) is 6.07. The summed E-state index contributed by atoms with van der Waals surface area (Å²) in [6.45, 7) is 1.76. The molecule has 11 heteroatoms. The fourth-order valence-electron chi connectivity index (χ4n) is 4.33. The van der Waals surface area contributed by atoms with Crippen LogP contribution in [0, 0.1) is 11.8 Å². The van der Waals surface area contributed by atoms with Gasteiger partial charge in [0.25, 0.3) is 11.5 Å². The van der Waals surface area contributed by atoms with Gasteiger partial charge in [-0.05, 0) is 43.2 Å².